The Morgan fingerprint density at radius 3 is 1.49 bits per heavy atom. The van der Waals surface area contributed by atoms with E-state index in [1.807, 2.05) is 12.1 Å². The van der Waals surface area contributed by atoms with Crippen molar-refractivity contribution in [1.29, 1.82) is 0 Å². The minimum atomic E-state index is -0.252. The quantitative estimate of drug-likeness (QED) is 0.165. The molecule has 0 radical (unpaired) electrons. The molecular formula is C62H42N6. The second-order valence-electron chi connectivity index (χ2n) is 17.2. The number of nitrogens with zero attached hydrogens (tertiary/aromatic N) is 5. The van der Waals surface area contributed by atoms with Crippen LogP contribution in [0.2, 0.25) is 0 Å². The van der Waals surface area contributed by atoms with Gasteiger partial charge in [-0.3, -0.25) is 4.57 Å². The first kappa shape index (κ1) is 39.3. The number of rotatable bonds is 8. The third kappa shape index (κ3) is 6.77. The summed E-state index contributed by atoms with van der Waals surface area (Å²) in [4.78, 5) is 16.1. The SMILES string of the molecule is C1=CC(n2c3ccccc3c3ccc4c5ccccc5n(-c5cccc(-c6cc(-c7ccccc7)cc(-c7ccccc7)n6)n5)c4c32)NC(c2cc(-c3ccccc3)cc(-c3ccccc3)n2)=C1. The summed E-state index contributed by atoms with van der Waals surface area (Å²) in [5.41, 5.74) is 16.2. The van der Waals surface area contributed by atoms with Gasteiger partial charge in [0.25, 0.3) is 0 Å². The molecular weight excluding hydrogens is 829 g/mol. The number of aromatic nitrogens is 5. The lowest BCUT2D eigenvalue weighted by atomic mass is 10.0. The summed E-state index contributed by atoms with van der Waals surface area (Å²) in [6, 6.07) is 78.9. The summed E-state index contributed by atoms with van der Waals surface area (Å²) in [5, 5.41) is 8.64. The molecule has 7 aromatic carbocycles. The van der Waals surface area contributed by atoms with E-state index in [0.717, 1.165) is 106 Å². The van der Waals surface area contributed by atoms with Crippen molar-refractivity contribution < 1.29 is 0 Å². The fraction of sp³-hybridized carbons (Fsp3) is 0.0161. The molecule has 1 aliphatic rings. The average Bonchev–Trinajstić information content (AvgIpc) is 3.95. The van der Waals surface area contributed by atoms with Gasteiger partial charge in [0.05, 0.1) is 56.2 Å². The highest BCUT2D eigenvalue weighted by atomic mass is 15.2. The molecule has 13 rings (SSSR count). The fourth-order valence-corrected chi connectivity index (χ4v) is 10.0. The van der Waals surface area contributed by atoms with Crippen molar-refractivity contribution in [1.82, 2.24) is 29.4 Å². The van der Waals surface area contributed by atoms with Gasteiger partial charge in [0.1, 0.15) is 12.0 Å². The van der Waals surface area contributed by atoms with Crippen molar-refractivity contribution in [3.05, 3.63) is 248 Å². The van der Waals surface area contributed by atoms with Crippen molar-refractivity contribution in [2.45, 2.75) is 6.17 Å². The van der Waals surface area contributed by atoms with Crippen LogP contribution >= 0.6 is 0 Å². The van der Waals surface area contributed by atoms with Crippen LogP contribution in [0.5, 0.6) is 0 Å². The van der Waals surface area contributed by atoms with Crippen LogP contribution in [0, 0.1) is 0 Å². The van der Waals surface area contributed by atoms with E-state index in [2.05, 4.69) is 245 Å². The van der Waals surface area contributed by atoms with Crippen molar-refractivity contribution in [2.24, 2.45) is 0 Å². The van der Waals surface area contributed by atoms with E-state index in [4.69, 9.17) is 15.0 Å². The Bertz CT molecular complexity index is 3810. The molecule has 320 valence electrons. The Labute approximate surface area is 393 Å². The molecule has 0 bridgehead atoms. The number of para-hydroxylation sites is 2. The Morgan fingerprint density at radius 1 is 0.353 bits per heavy atom. The zero-order chi connectivity index (χ0) is 45.0. The van der Waals surface area contributed by atoms with Crippen LogP contribution in [0.1, 0.15) is 11.9 Å². The zero-order valence-electron chi connectivity index (χ0n) is 36.9. The number of hydrogen-bond donors (Lipinski definition) is 1. The summed E-state index contributed by atoms with van der Waals surface area (Å²) >= 11 is 0. The van der Waals surface area contributed by atoms with E-state index in [1.54, 1.807) is 0 Å². The number of fused-ring (bicyclic) bond motifs is 7. The van der Waals surface area contributed by atoms with E-state index in [0.29, 0.717) is 0 Å². The van der Waals surface area contributed by atoms with E-state index in [-0.39, 0.29) is 6.17 Å². The van der Waals surface area contributed by atoms with Gasteiger partial charge in [-0.1, -0.05) is 182 Å². The number of hydrogen-bond acceptors (Lipinski definition) is 4. The van der Waals surface area contributed by atoms with Gasteiger partial charge in [-0.25, -0.2) is 15.0 Å². The second kappa shape index (κ2) is 16.4. The third-order valence-electron chi connectivity index (χ3n) is 13.1. The monoisotopic (exact) mass is 870 g/mol. The van der Waals surface area contributed by atoms with Crippen LogP contribution < -0.4 is 5.32 Å². The highest BCUT2D eigenvalue weighted by Gasteiger charge is 2.26. The predicted octanol–water partition coefficient (Wildman–Crippen LogP) is 15.1. The molecule has 0 aliphatic carbocycles. The van der Waals surface area contributed by atoms with E-state index in [1.165, 1.54) is 10.8 Å². The number of dihydropyridines is 1. The molecule has 0 saturated carbocycles. The minimum Gasteiger partial charge on any atom is -0.360 e. The van der Waals surface area contributed by atoms with Crippen LogP contribution in [-0.2, 0) is 0 Å². The van der Waals surface area contributed by atoms with Crippen LogP contribution in [0.4, 0.5) is 0 Å². The van der Waals surface area contributed by atoms with Crippen LogP contribution in [0.25, 0.3) is 111 Å². The second-order valence-corrected chi connectivity index (χ2v) is 17.2. The lowest BCUT2D eigenvalue weighted by molar-refractivity contribution is 0.588. The summed E-state index contributed by atoms with van der Waals surface area (Å²) < 4.78 is 4.82. The Morgan fingerprint density at radius 2 is 0.853 bits per heavy atom. The standard InChI is InChI=1S/C62H42N6/c1-5-19-41(20-6-1)45-37-53(43-23-9-3-10-24-43)63-55(39-45)51-29-17-33-59(65-51)67-57-31-15-13-27-47(57)49-35-36-50-48-28-14-16-32-58(48)68(62(50)61(49)67)60-34-18-30-52(66-60)56-40-46(42-21-7-2-8-22-42)38-54(64-56)44-25-11-4-12-26-44/h1-40,59,65H. The van der Waals surface area contributed by atoms with Gasteiger partial charge in [0, 0.05) is 32.7 Å². The molecule has 6 heterocycles. The lowest BCUT2D eigenvalue weighted by Gasteiger charge is -2.26. The van der Waals surface area contributed by atoms with Gasteiger partial charge < -0.3 is 9.88 Å². The van der Waals surface area contributed by atoms with Gasteiger partial charge in [-0.05, 0) is 82.9 Å². The maximum absolute atomic E-state index is 5.52. The largest absolute Gasteiger partial charge is 0.360 e. The molecule has 0 saturated heterocycles. The number of allylic oxidation sites excluding steroid dienone is 2. The van der Waals surface area contributed by atoms with Gasteiger partial charge in [0.2, 0.25) is 0 Å². The maximum Gasteiger partial charge on any atom is 0.138 e. The minimum absolute atomic E-state index is 0.252. The molecule has 6 heteroatoms. The first-order valence-corrected chi connectivity index (χ1v) is 23.1. The van der Waals surface area contributed by atoms with Crippen LogP contribution in [0.3, 0.4) is 0 Å². The van der Waals surface area contributed by atoms with Gasteiger partial charge in [0.15, 0.2) is 0 Å². The van der Waals surface area contributed by atoms with E-state index in [9.17, 15) is 0 Å². The number of nitrogens with one attached hydrogen (secondary N) is 1. The van der Waals surface area contributed by atoms with Crippen molar-refractivity contribution >= 4 is 49.3 Å². The molecule has 6 nitrogen and oxygen atoms in total. The molecule has 5 aromatic heterocycles. The Balaban J connectivity index is 0.996. The fourth-order valence-electron chi connectivity index (χ4n) is 10.0. The maximum atomic E-state index is 5.52. The molecule has 1 aliphatic heterocycles. The van der Waals surface area contributed by atoms with Crippen LogP contribution in [0.15, 0.2) is 243 Å². The zero-order valence-corrected chi connectivity index (χ0v) is 36.9. The highest BCUT2D eigenvalue weighted by Crippen LogP contribution is 2.42. The lowest BCUT2D eigenvalue weighted by Crippen LogP contribution is -2.26. The molecule has 1 unspecified atom stereocenters. The molecule has 12 aromatic rings. The topological polar surface area (TPSA) is 60.6 Å². The first-order valence-electron chi connectivity index (χ1n) is 23.1. The predicted molar refractivity (Wildman–Crippen MR) is 280 cm³/mol. The highest BCUT2D eigenvalue weighted by molar-refractivity contribution is 6.23. The molecule has 1 atom stereocenters. The van der Waals surface area contributed by atoms with Gasteiger partial charge in [-0.15, -0.1) is 0 Å². The van der Waals surface area contributed by atoms with Crippen LogP contribution in [-0.4, -0.2) is 24.1 Å². The molecule has 0 spiro atoms. The summed E-state index contributed by atoms with van der Waals surface area (Å²) in [7, 11) is 0. The number of pyridine rings is 3. The number of benzene rings is 7. The Hall–Kier alpha value is -9.13. The van der Waals surface area contributed by atoms with Crippen molar-refractivity contribution in [2.75, 3.05) is 0 Å². The smallest absolute Gasteiger partial charge is 0.138 e. The normalized spacial score (nSPS) is 13.6. The van der Waals surface area contributed by atoms with Crippen molar-refractivity contribution in [3.63, 3.8) is 0 Å². The average molecular weight is 871 g/mol. The summed E-state index contributed by atoms with van der Waals surface area (Å²) in [6.45, 7) is 0. The molecule has 0 fully saturated rings. The first-order chi connectivity index (χ1) is 33.7. The van der Waals surface area contributed by atoms with E-state index < -0.39 is 0 Å². The Kier molecular flexibility index (Phi) is 9.46. The summed E-state index contributed by atoms with van der Waals surface area (Å²) in [6.07, 6.45) is 6.30. The van der Waals surface area contributed by atoms with E-state index >= 15 is 0 Å². The molecule has 0 amide bonds. The van der Waals surface area contributed by atoms with Crippen molar-refractivity contribution in [3.8, 4) is 62.0 Å². The third-order valence-corrected chi connectivity index (χ3v) is 13.1. The molecule has 68 heavy (non-hydrogen) atoms. The summed E-state index contributed by atoms with van der Waals surface area (Å²) in [5.74, 6) is 0.814. The van der Waals surface area contributed by atoms with Gasteiger partial charge in [-0.2, -0.15) is 0 Å². The molecule has 1 N–H and O–H groups in total. The van der Waals surface area contributed by atoms with Gasteiger partial charge >= 0.3 is 0 Å².